The van der Waals surface area contributed by atoms with Crippen molar-refractivity contribution in [2.24, 2.45) is 11.7 Å². The zero-order valence-corrected chi connectivity index (χ0v) is 5.91. The summed E-state index contributed by atoms with van der Waals surface area (Å²) in [6, 6.07) is 0. The first kappa shape index (κ1) is 8.00. The van der Waals surface area contributed by atoms with Crippen molar-refractivity contribution in [1.29, 1.82) is 0 Å². The van der Waals surface area contributed by atoms with Crippen LogP contribution in [-0.2, 0) is 9.59 Å². The highest BCUT2D eigenvalue weighted by Gasteiger charge is 2.31. The van der Waals surface area contributed by atoms with E-state index in [4.69, 9.17) is 10.8 Å². The average molecular weight is 158 g/mol. The first-order valence-electron chi connectivity index (χ1n) is 3.36. The molecule has 2 unspecified atom stereocenters. The summed E-state index contributed by atoms with van der Waals surface area (Å²) in [7, 11) is 0. The molecule has 0 aromatic carbocycles. The first-order chi connectivity index (χ1) is 5.11. The fourth-order valence-electron chi connectivity index (χ4n) is 1.05. The molecule has 2 atom stereocenters. The monoisotopic (exact) mass is 158 g/mol. The quantitative estimate of drug-likeness (QED) is 0.384. The van der Waals surface area contributed by atoms with E-state index in [0.29, 0.717) is 0 Å². The van der Waals surface area contributed by atoms with E-state index in [9.17, 15) is 9.59 Å². The van der Waals surface area contributed by atoms with Crippen LogP contribution >= 0.6 is 0 Å². The van der Waals surface area contributed by atoms with Crippen LogP contribution in [0.25, 0.3) is 0 Å². The van der Waals surface area contributed by atoms with Crippen molar-refractivity contribution in [2.75, 3.05) is 6.54 Å². The van der Waals surface area contributed by atoms with Crippen LogP contribution in [0.4, 0.5) is 0 Å². The van der Waals surface area contributed by atoms with Gasteiger partial charge >= 0.3 is 0 Å². The van der Waals surface area contributed by atoms with E-state index in [1.54, 1.807) is 0 Å². The fraction of sp³-hybridized carbons (Fsp3) is 0.667. The van der Waals surface area contributed by atoms with Crippen LogP contribution in [0.15, 0.2) is 0 Å². The van der Waals surface area contributed by atoms with Gasteiger partial charge in [0, 0.05) is 6.54 Å². The molecule has 1 rings (SSSR count). The highest BCUT2D eigenvalue weighted by Crippen LogP contribution is 2.10. The van der Waals surface area contributed by atoms with E-state index in [0.717, 1.165) is 0 Å². The third-order valence-electron chi connectivity index (χ3n) is 1.68. The third kappa shape index (κ3) is 1.68. The van der Waals surface area contributed by atoms with E-state index in [1.807, 2.05) is 0 Å². The molecule has 2 amide bonds. The molecule has 1 saturated heterocycles. The van der Waals surface area contributed by atoms with Gasteiger partial charge in [-0.3, -0.25) is 9.59 Å². The normalized spacial score (nSPS) is 31.2. The van der Waals surface area contributed by atoms with Crippen molar-refractivity contribution in [2.45, 2.75) is 12.5 Å². The molecule has 0 aromatic heterocycles. The summed E-state index contributed by atoms with van der Waals surface area (Å²) in [5.41, 5.74) is 4.91. The molecule has 5 nitrogen and oxygen atoms in total. The zero-order valence-electron chi connectivity index (χ0n) is 5.91. The number of piperidine rings is 1. The summed E-state index contributed by atoms with van der Waals surface area (Å²) in [5.74, 6) is -1.93. The second-order valence-electron chi connectivity index (χ2n) is 2.59. The molecule has 4 N–H and O–H groups in total. The molecule has 0 radical (unpaired) electrons. The van der Waals surface area contributed by atoms with Crippen molar-refractivity contribution in [1.82, 2.24) is 5.32 Å². The van der Waals surface area contributed by atoms with E-state index < -0.39 is 17.9 Å². The summed E-state index contributed by atoms with van der Waals surface area (Å²) in [5, 5.41) is 11.4. The predicted molar refractivity (Wildman–Crippen MR) is 36.3 cm³/mol. The number of hydrogen-bond donors (Lipinski definition) is 3. The minimum atomic E-state index is -0.862. The molecule has 1 heterocycles. The van der Waals surface area contributed by atoms with Gasteiger partial charge in [0.1, 0.15) is 5.92 Å². The highest BCUT2D eigenvalue weighted by atomic mass is 16.3. The Kier molecular flexibility index (Phi) is 2.09. The molecule has 0 aliphatic carbocycles. The SMILES string of the molecule is NC(=O)C1CC(O)CNC1=O. The Morgan fingerprint density at radius 1 is 1.73 bits per heavy atom. The second kappa shape index (κ2) is 2.87. The maximum absolute atomic E-state index is 10.9. The van der Waals surface area contributed by atoms with E-state index in [2.05, 4.69) is 5.32 Å². The lowest BCUT2D eigenvalue weighted by atomic mass is 9.96. The van der Waals surface area contributed by atoms with Gasteiger partial charge in [0.15, 0.2) is 0 Å². The fourth-order valence-corrected chi connectivity index (χ4v) is 1.05. The molecule has 1 aliphatic heterocycles. The molecule has 0 spiro atoms. The second-order valence-corrected chi connectivity index (χ2v) is 2.59. The van der Waals surface area contributed by atoms with Gasteiger partial charge in [0.05, 0.1) is 6.10 Å². The Hall–Kier alpha value is -1.10. The Morgan fingerprint density at radius 3 is 2.82 bits per heavy atom. The maximum atomic E-state index is 10.9. The topological polar surface area (TPSA) is 92.4 Å². The lowest BCUT2D eigenvalue weighted by Crippen LogP contribution is -2.48. The predicted octanol–water partition coefficient (Wildman–Crippen LogP) is -2.03. The van der Waals surface area contributed by atoms with Crippen molar-refractivity contribution in [3.8, 4) is 0 Å². The zero-order chi connectivity index (χ0) is 8.43. The van der Waals surface area contributed by atoms with Gasteiger partial charge in [0.2, 0.25) is 11.8 Å². The van der Waals surface area contributed by atoms with Crippen LogP contribution in [0.5, 0.6) is 0 Å². The Morgan fingerprint density at radius 2 is 2.36 bits per heavy atom. The van der Waals surface area contributed by atoms with Gasteiger partial charge < -0.3 is 16.2 Å². The lowest BCUT2D eigenvalue weighted by Gasteiger charge is -2.23. The highest BCUT2D eigenvalue weighted by molar-refractivity contribution is 6.00. The number of rotatable bonds is 1. The van der Waals surface area contributed by atoms with Gasteiger partial charge in [0.25, 0.3) is 0 Å². The molecule has 1 fully saturated rings. The molecule has 11 heavy (non-hydrogen) atoms. The largest absolute Gasteiger partial charge is 0.391 e. The number of β-amino-alcohol motifs (C(OH)–C–C–N with tert-alkyl or cyclic N) is 1. The van der Waals surface area contributed by atoms with Gasteiger partial charge in [-0.1, -0.05) is 0 Å². The van der Waals surface area contributed by atoms with E-state index in [-0.39, 0.29) is 18.9 Å². The number of amides is 2. The number of aliphatic hydroxyl groups excluding tert-OH is 1. The van der Waals surface area contributed by atoms with E-state index >= 15 is 0 Å². The van der Waals surface area contributed by atoms with Crippen LogP contribution < -0.4 is 11.1 Å². The van der Waals surface area contributed by atoms with Crippen LogP contribution in [0.1, 0.15) is 6.42 Å². The smallest absolute Gasteiger partial charge is 0.232 e. The average Bonchev–Trinajstić information content (AvgIpc) is 1.94. The van der Waals surface area contributed by atoms with Gasteiger partial charge in [-0.2, -0.15) is 0 Å². The lowest BCUT2D eigenvalue weighted by molar-refractivity contribution is -0.137. The van der Waals surface area contributed by atoms with Crippen LogP contribution in [-0.4, -0.2) is 29.6 Å². The minimum Gasteiger partial charge on any atom is -0.391 e. The van der Waals surface area contributed by atoms with Crippen LogP contribution in [0.2, 0.25) is 0 Å². The summed E-state index contributed by atoms with van der Waals surface area (Å²) < 4.78 is 0. The van der Waals surface area contributed by atoms with Crippen molar-refractivity contribution in [3.63, 3.8) is 0 Å². The molecular formula is C6H10N2O3. The van der Waals surface area contributed by atoms with Gasteiger partial charge in [-0.25, -0.2) is 0 Å². The van der Waals surface area contributed by atoms with Crippen molar-refractivity contribution >= 4 is 11.8 Å². The molecule has 0 aromatic rings. The summed E-state index contributed by atoms with van der Waals surface area (Å²) in [6.07, 6.45) is -0.508. The maximum Gasteiger partial charge on any atom is 0.232 e. The van der Waals surface area contributed by atoms with Crippen molar-refractivity contribution < 1.29 is 14.7 Å². The Balaban J connectivity index is 2.61. The molecular weight excluding hydrogens is 148 g/mol. The van der Waals surface area contributed by atoms with Crippen LogP contribution in [0.3, 0.4) is 0 Å². The summed E-state index contributed by atoms with van der Waals surface area (Å²) in [6.45, 7) is 0.211. The first-order valence-corrected chi connectivity index (χ1v) is 3.36. The number of hydrogen-bond acceptors (Lipinski definition) is 3. The van der Waals surface area contributed by atoms with Gasteiger partial charge in [-0.15, -0.1) is 0 Å². The minimum absolute atomic E-state index is 0.140. The molecule has 62 valence electrons. The summed E-state index contributed by atoms with van der Waals surface area (Å²) in [4.78, 5) is 21.4. The Labute approximate surface area is 63.6 Å². The Bertz CT molecular complexity index is 192. The number of nitrogens with one attached hydrogen (secondary N) is 1. The number of primary amides is 1. The number of nitrogens with two attached hydrogens (primary N) is 1. The van der Waals surface area contributed by atoms with Crippen molar-refractivity contribution in [3.05, 3.63) is 0 Å². The number of carbonyl (C=O) groups excluding carboxylic acids is 2. The van der Waals surface area contributed by atoms with Crippen LogP contribution in [0, 0.1) is 5.92 Å². The molecule has 5 heteroatoms. The molecule has 0 saturated carbocycles. The molecule has 0 bridgehead atoms. The van der Waals surface area contributed by atoms with E-state index in [1.165, 1.54) is 0 Å². The van der Waals surface area contributed by atoms with Gasteiger partial charge in [-0.05, 0) is 6.42 Å². The standard InChI is InChI=1S/C6H10N2O3/c7-5(10)4-1-3(9)2-8-6(4)11/h3-4,9H,1-2H2,(H2,7,10)(H,8,11). The number of carbonyl (C=O) groups is 2. The number of aliphatic hydroxyl groups is 1. The summed E-state index contributed by atoms with van der Waals surface area (Å²) >= 11 is 0. The molecule has 1 aliphatic rings. The third-order valence-corrected chi connectivity index (χ3v) is 1.68.